The van der Waals surface area contributed by atoms with E-state index in [2.05, 4.69) is 13.8 Å². The molecule has 1 amide bonds. The highest BCUT2D eigenvalue weighted by Crippen LogP contribution is 2.39. The fraction of sp³-hybridized carbons (Fsp3) is 0.391. The molecule has 0 unspecified atom stereocenters. The first-order valence-electron chi connectivity index (χ1n) is 10.5. The molecule has 0 atom stereocenters. The molecule has 1 N–H and O–H groups in total. The van der Waals surface area contributed by atoms with E-state index in [9.17, 15) is 4.79 Å². The first kappa shape index (κ1) is 20.6. The average Bonchev–Trinajstić information content (AvgIpc) is 3.17. The van der Waals surface area contributed by atoms with Gasteiger partial charge in [0, 0.05) is 17.7 Å². The summed E-state index contributed by atoms with van der Waals surface area (Å²) in [5, 5.41) is 0.712. The van der Waals surface area contributed by atoms with Crippen LogP contribution in [0.2, 0.25) is 0 Å². The van der Waals surface area contributed by atoms with Gasteiger partial charge in [-0.2, -0.15) is 0 Å². The van der Waals surface area contributed by atoms with Gasteiger partial charge in [0.25, 0.3) is 5.91 Å². The number of nitrogens with one attached hydrogen (secondary N) is 1. The number of hydrogen-bond acceptors (Lipinski definition) is 5. The van der Waals surface area contributed by atoms with Gasteiger partial charge < -0.3 is 14.4 Å². The molecule has 30 heavy (non-hydrogen) atoms. The molecule has 4 rings (SSSR count). The number of carbonyl (C=O) groups excluding carboxylic acids is 1. The molecule has 0 saturated heterocycles. The van der Waals surface area contributed by atoms with E-state index >= 15 is 0 Å². The minimum atomic E-state index is -0.0159. The third-order valence-corrected chi connectivity index (χ3v) is 6.55. The van der Waals surface area contributed by atoms with Crippen molar-refractivity contribution in [1.29, 1.82) is 0 Å². The van der Waals surface area contributed by atoms with Crippen LogP contribution in [0.5, 0.6) is 11.5 Å². The lowest BCUT2D eigenvalue weighted by molar-refractivity contribution is -0.894. The maximum Gasteiger partial charge on any atom is 0.260 e. The van der Waals surface area contributed by atoms with Crippen LogP contribution in [0.25, 0.3) is 10.2 Å². The second-order valence-corrected chi connectivity index (χ2v) is 8.50. The Morgan fingerprint density at radius 1 is 1.10 bits per heavy atom. The van der Waals surface area contributed by atoms with Crippen LogP contribution in [0.4, 0.5) is 5.13 Å². The second kappa shape index (κ2) is 9.02. The van der Waals surface area contributed by atoms with Gasteiger partial charge in [-0.1, -0.05) is 29.0 Å². The average molecular weight is 427 g/mol. The number of carbonyl (C=O) groups is 1. The minimum absolute atomic E-state index is 0.0159. The topological polar surface area (TPSA) is 56.1 Å². The molecule has 6 nitrogen and oxygen atoms in total. The van der Waals surface area contributed by atoms with Crippen LogP contribution in [0, 0.1) is 6.92 Å². The van der Waals surface area contributed by atoms with Crippen LogP contribution in [-0.2, 0) is 0 Å². The quantitative estimate of drug-likeness (QED) is 0.631. The monoisotopic (exact) mass is 426 g/mol. The highest BCUT2D eigenvalue weighted by atomic mass is 32.1. The van der Waals surface area contributed by atoms with Crippen LogP contribution in [0.15, 0.2) is 36.4 Å². The molecule has 1 aliphatic rings. The zero-order chi connectivity index (χ0) is 21.1. The number of hydrogen-bond donors (Lipinski definition) is 1. The van der Waals surface area contributed by atoms with E-state index in [1.807, 2.05) is 48.2 Å². The smallest absolute Gasteiger partial charge is 0.260 e. The number of rotatable bonds is 7. The van der Waals surface area contributed by atoms with E-state index in [-0.39, 0.29) is 5.91 Å². The lowest BCUT2D eigenvalue weighted by Gasteiger charge is -2.23. The van der Waals surface area contributed by atoms with Gasteiger partial charge in [0.05, 0.1) is 36.4 Å². The maximum atomic E-state index is 13.4. The zero-order valence-corrected chi connectivity index (χ0v) is 18.6. The van der Waals surface area contributed by atoms with Crippen LogP contribution < -0.4 is 19.3 Å². The first-order chi connectivity index (χ1) is 14.6. The molecule has 1 aliphatic heterocycles. The number of likely N-dealkylation sites (N-methyl/N-ethyl adjacent to an activating group) is 1. The van der Waals surface area contributed by atoms with E-state index in [0.29, 0.717) is 30.5 Å². The van der Waals surface area contributed by atoms with Crippen molar-refractivity contribution >= 4 is 32.6 Å². The fourth-order valence-electron chi connectivity index (χ4n) is 3.58. The zero-order valence-electron chi connectivity index (χ0n) is 17.7. The Morgan fingerprint density at radius 3 is 2.43 bits per heavy atom. The second-order valence-electron chi connectivity index (χ2n) is 7.49. The molecule has 7 heteroatoms. The van der Waals surface area contributed by atoms with E-state index < -0.39 is 0 Å². The Labute approximate surface area is 181 Å². The molecule has 3 aromatic rings. The van der Waals surface area contributed by atoms with E-state index in [1.54, 1.807) is 0 Å². The summed E-state index contributed by atoms with van der Waals surface area (Å²) in [5.41, 5.74) is 2.65. The van der Waals surface area contributed by atoms with Gasteiger partial charge in [0.2, 0.25) is 0 Å². The van der Waals surface area contributed by atoms with Gasteiger partial charge in [-0.05, 0) is 32.9 Å². The number of aromatic nitrogens is 1. The number of aryl methyl sites for hydroxylation is 1. The molecular formula is C23H28N3O3S+. The molecule has 0 fully saturated rings. The third-order valence-electron chi connectivity index (χ3n) is 5.50. The molecule has 158 valence electrons. The Kier molecular flexibility index (Phi) is 6.20. The molecule has 0 spiro atoms. The molecule has 0 radical (unpaired) electrons. The fourth-order valence-corrected chi connectivity index (χ4v) is 4.58. The number of ether oxygens (including phenoxy) is 2. The Balaban J connectivity index is 1.68. The van der Waals surface area contributed by atoms with Crippen LogP contribution in [-0.4, -0.2) is 50.3 Å². The minimum Gasteiger partial charge on any atom is -0.486 e. The van der Waals surface area contributed by atoms with Crippen molar-refractivity contribution < 1.29 is 19.2 Å². The Hall–Kier alpha value is -2.64. The summed E-state index contributed by atoms with van der Waals surface area (Å²) < 4.78 is 12.4. The summed E-state index contributed by atoms with van der Waals surface area (Å²) in [6, 6.07) is 11.6. The van der Waals surface area contributed by atoms with Crippen LogP contribution in [0.3, 0.4) is 0 Å². The van der Waals surface area contributed by atoms with Crippen molar-refractivity contribution in [2.45, 2.75) is 20.8 Å². The Bertz CT molecular complexity index is 985. The molecule has 0 aliphatic carbocycles. The molecule has 1 aromatic heterocycles. The summed E-state index contributed by atoms with van der Waals surface area (Å²) in [4.78, 5) is 21.5. The molecule has 0 bridgehead atoms. The van der Waals surface area contributed by atoms with E-state index in [0.717, 1.165) is 46.9 Å². The number of amides is 1. The molecule has 2 aromatic carbocycles. The number of fused-ring (bicyclic) bond motifs is 2. The van der Waals surface area contributed by atoms with Crippen LogP contribution in [0.1, 0.15) is 29.8 Å². The van der Waals surface area contributed by atoms with E-state index in [4.69, 9.17) is 14.5 Å². The van der Waals surface area contributed by atoms with Crippen molar-refractivity contribution in [1.82, 2.24) is 4.98 Å². The summed E-state index contributed by atoms with van der Waals surface area (Å²) in [6.07, 6.45) is 0. The predicted molar refractivity (Wildman–Crippen MR) is 120 cm³/mol. The van der Waals surface area contributed by atoms with Crippen molar-refractivity contribution in [2.24, 2.45) is 0 Å². The van der Waals surface area contributed by atoms with Crippen molar-refractivity contribution in [2.75, 3.05) is 44.3 Å². The standard InChI is InChI=1S/C23H27N3O3S/c1-4-25(5-2)10-11-26(22(27)17-8-6-16(3)7-9-17)23-24-18-14-19-20(15-21(18)30-23)29-13-12-28-19/h6-9,14-15H,4-5,10-13H2,1-3H3/p+1. The van der Waals surface area contributed by atoms with E-state index in [1.165, 1.54) is 16.2 Å². The number of benzene rings is 2. The summed E-state index contributed by atoms with van der Waals surface area (Å²) in [7, 11) is 0. The van der Waals surface area contributed by atoms with Gasteiger partial charge >= 0.3 is 0 Å². The normalized spacial score (nSPS) is 13.1. The summed E-state index contributed by atoms with van der Waals surface area (Å²) >= 11 is 1.52. The molecule has 2 heterocycles. The summed E-state index contributed by atoms with van der Waals surface area (Å²) in [5.74, 6) is 1.44. The maximum absolute atomic E-state index is 13.4. The van der Waals surface area contributed by atoms with Gasteiger partial charge in [-0.15, -0.1) is 0 Å². The highest BCUT2D eigenvalue weighted by Gasteiger charge is 2.24. The molecule has 0 saturated carbocycles. The van der Waals surface area contributed by atoms with Gasteiger partial charge in [0.15, 0.2) is 16.6 Å². The molecular weight excluding hydrogens is 398 g/mol. The third kappa shape index (κ3) is 4.27. The van der Waals surface area contributed by atoms with Gasteiger partial charge in [-0.25, -0.2) is 4.98 Å². The highest BCUT2D eigenvalue weighted by molar-refractivity contribution is 7.22. The number of anilines is 1. The SMILES string of the molecule is CC[NH+](CC)CCN(C(=O)c1ccc(C)cc1)c1nc2cc3c(cc2s1)OCCO3. The number of thiazole rings is 1. The lowest BCUT2D eigenvalue weighted by atomic mass is 10.1. The number of quaternary nitrogens is 1. The Morgan fingerprint density at radius 2 is 1.77 bits per heavy atom. The first-order valence-corrected chi connectivity index (χ1v) is 11.3. The van der Waals surface area contributed by atoms with Crippen molar-refractivity contribution in [3.63, 3.8) is 0 Å². The van der Waals surface area contributed by atoms with Crippen LogP contribution >= 0.6 is 11.3 Å². The largest absolute Gasteiger partial charge is 0.486 e. The van der Waals surface area contributed by atoms with Crippen molar-refractivity contribution in [3.05, 3.63) is 47.5 Å². The predicted octanol–water partition coefficient (Wildman–Crippen LogP) is 2.95. The van der Waals surface area contributed by atoms with Gasteiger partial charge in [0.1, 0.15) is 13.2 Å². The lowest BCUT2D eigenvalue weighted by Crippen LogP contribution is -3.12. The summed E-state index contributed by atoms with van der Waals surface area (Å²) in [6.45, 7) is 11.0. The van der Waals surface area contributed by atoms with Crippen molar-refractivity contribution in [3.8, 4) is 11.5 Å². The number of nitrogens with zero attached hydrogens (tertiary/aromatic N) is 2. The van der Waals surface area contributed by atoms with Gasteiger partial charge in [-0.3, -0.25) is 9.69 Å².